The third-order valence-corrected chi connectivity index (χ3v) is 5.10. The van der Waals surface area contributed by atoms with E-state index in [1.807, 2.05) is 0 Å². The molecule has 1 aromatic carbocycles. The quantitative estimate of drug-likeness (QED) is 0.646. The lowest BCUT2D eigenvalue weighted by molar-refractivity contribution is 0.597. The molecule has 5 nitrogen and oxygen atoms in total. The molecule has 0 fully saturated rings. The number of rotatable bonds is 5. The molecule has 1 aromatic rings. The van der Waals surface area contributed by atoms with Gasteiger partial charge in [0.25, 0.3) is 0 Å². The lowest BCUT2D eigenvalue weighted by Crippen LogP contribution is -2.11. The number of nitrogens with two attached hydrogens (primary N) is 1. The van der Waals surface area contributed by atoms with Crippen molar-refractivity contribution in [2.75, 3.05) is 11.5 Å². The molecule has 9 heteroatoms. The molecule has 0 aliphatic rings. The average molecular weight is 316 g/mol. The van der Waals surface area contributed by atoms with Crippen LogP contribution in [0.15, 0.2) is 34.1 Å². The Hall–Kier alpha value is -0.280. The van der Waals surface area contributed by atoms with Crippen LogP contribution in [0.4, 0.5) is 0 Å². The van der Waals surface area contributed by atoms with Crippen LogP contribution in [0.1, 0.15) is 0 Å². The van der Waals surface area contributed by atoms with Gasteiger partial charge in [0.05, 0.1) is 10.6 Å². The van der Waals surface area contributed by atoms with E-state index in [9.17, 15) is 16.8 Å². The maximum atomic E-state index is 11.0. The van der Waals surface area contributed by atoms with Crippen LogP contribution in [-0.4, -0.2) is 28.3 Å². The van der Waals surface area contributed by atoms with Crippen LogP contribution < -0.4 is 5.14 Å². The summed E-state index contributed by atoms with van der Waals surface area (Å²) >= 11 is 1.27. The summed E-state index contributed by atoms with van der Waals surface area (Å²) in [6, 6.07) is 5.86. The molecule has 0 saturated carbocycles. The van der Waals surface area contributed by atoms with Crippen LogP contribution in [0.2, 0.25) is 0 Å². The SMILES string of the molecule is NS(=O)(=O)c1ccc(SCCS(=O)(=O)Cl)cc1. The molecule has 0 aliphatic carbocycles. The van der Waals surface area contributed by atoms with Crippen LogP contribution in [0.5, 0.6) is 0 Å². The standard InChI is InChI=1S/C8H10ClNO4S3/c9-16(11,12)6-5-15-7-1-3-8(4-2-7)17(10,13)14/h1-4H,5-6H2,(H2,10,13,14). The molecular formula is C8H10ClNO4S3. The minimum Gasteiger partial charge on any atom is -0.225 e. The number of thioether (sulfide) groups is 1. The van der Waals surface area contributed by atoms with Gasteiger partial charge in [-0.3, -0.25) is 0 Å². The van der Waals surface area contributed by atoms with E-state index in [0.29, 0.717) is 5.75 Å². The normalized spacial score (nSPS) is 12.6. The van der Waals surface area contributed by atoms with Gasteiger partial charge in [-0.05, 0) is 24.3 Å². The first-order valence-corrected chi connectivity index (χ1v) is 9.37. The molecule has 0 unspecified atom stereocenters. The van der Waals surface area contributed by atoms with E-state index in [1.165, 1.54) is 23.9 Å². The van der Waals surface area contributed by atoms with Crippen LogP contribution in [0.3, 0.4) is 0 Å². The molecule has 0 heterocycles. The number of benzene rings is 1. The molecule has 0 radical (unpaired) electrons. The average Bonchev–Trinajstić information content (AvgIpc) is 2.15. The molecule has 17 heavy (non-hydrogen) atoms. The maximum Gasteiger partial charge on any atom is 0.238 e. The summed E-state index contributed by atoms with van der Waals surface area (Å²) in [5, 5.41) is 4.93. The Morgan fingerprint density at radius 1 is 1.12 bits per heavy atom. The van der Waals surface area contributed by atoms with Crippen molar-refractivity contribution < 1.29 is 16.8 Å². The Balaban J connectivity index is 2.64. The summed E-state index contributed by atoms with van der Waals surface area (Å²) in [5.41, 5.74) is 0. The topological polar surface area (TPSA) is 94.3 Å². The van der Waals surface area contributed by atoms with Gasteiger partial charge in [0.15, 0.2) is 0 Å². The van der Waals surface area contributed by atoms with Gasteiger partial charge in [-0.15, -0.1) is 11.8 Å². The van der Waals surface area contributed by atoms with Crippen molar-refractivity contribution in [1.82, 2.24) is 0 Å². The van der Waals surface area contributed by atoms with Crippen molar-refractivity contribution in [3.63, 3.8) is 0 Å². The number of hydrogen-bond donors (Lipinski definition) is 1. The fourth-order valence-corrected chi connectivity index (χ4v) is 3.76. The summed E-state index contributed by atoms with van der Waals surface area (Å²) in [6.45, 7) is 0. The lowest BCUT2D eigenvalue weighted by atomic mass is 10.4. The monoisotopic (exact) mass is 315 g/mol. The minimum absolute atomic E-state index is 0.0202. The molecule has 0 spiro atoms. The summed E-state index contributed by atoms with van der Waals surface area (Å²) in [6.07, 6.45) is 0. The fraction of sp³-hybridized carbons (Fsp3) is 0.250. The second kappa shape index (κ2) is 5.57. The van der Waals surface area contributed by atoms with Crippen molar-refractivity contribution >= 4 is 41.5 Å². The van der Waals surface area contributed by atoms with Gasteiger partial charge in [0.1, 0.15) is 0 Å². The molecule has 1 rings (SSSR count). The van der Waals surface area contributed by atoms with Gasteiger partial charge in [-0.25, -0.2) is 22.0 Å². The maximum absolute atomic E-state index is 11.0. The van der Waals surface area contributed by atoms with Crippen LogP contribution in [0.25, 0.3) is 0 Å². The van der Waals surface area contributed by atoms with E-state index < -0.39 is 19.1 Å². The molecule has 0 bridgehead atoms. The fourth-order valence-electron chi connectivity index (χ4n) is 0.985. The van der Waals surface area contributed by atoms with E-state index in [2.05, 4.69) is 0 Å². The van der Waals surface area contributed by atoms with Crippen molar-refractivity contribution in [2.24, 2.45) is 5.14 Å². The Kier molecular flexibility index (Phi) is 4.85. The molecular weight excluding hydrogens is 306 g/mol. The smallest absolute Gasteiger partial charge is 0.225 e. The minimum atomic E-state index is -3.69. The van der Waals surface area contributed by atoms with Crippen molar-refractivity contribution in [1.29, 1.82) is 0 Å². The Morgan fingerprint density at radius 3 is 2.06 bits per heavy atom. The van der Waals surface area contributed by atoms with E-state index in [4.69, 9.17) is 15.8 Å². The molecule has 0 aromatic heterocycles. The number of primary sulfonamides is 1. The summed E-state index contributed by atoms with van der Waals surface area (Å²) in [7, 11) is -2.13. The lowest BCUT2D eigenvalue weighted by Gasteiger charge is -2.01. The van der Waals surface area contributed by atoms with Crippen LogP contribution in [0, 0.1) is 0 Å². The largest absolute Gasteiger partial charge is 0.238 e. The van der Waals surface area contributed by atoms with Crippen molar-refractivity contribution in [3.8, 4) is 0 Å². The Bertz CT molecular complexity index is 580. The van der Waals surface area contributed by atoms with Crippen LogP contribution >= 0.6 is 22.4 Å². The number of halogens is 1. The third-order valence-electron chi connectivity index (χ3n) is 1.75. The Labute approximate surface area is 109 Å². The zero-order valence-electron chi connectivity index (χ0n) is 8.54. The first-order chi connectivity index (χ1) is 7.68. The van der Waals surface area contributed by atoms with Gasteiger partial charge in [0, 0.05) is 21.3 Å². The second-order valence-electron chi connectivity index (χ2n) is 3.11. The van der Waals surface area contributed by atoms with Gasteiger partial charge < -0.3 is 0 Å². The van der Waals surface area contributed by atoms with Crippen molar-refractivity contribution in [2.45, 2.75) is 9.79 Å². The summed E-state index contributed by atoms with van der Waals surface area (Å²) < 4.78 is 43.3. The highest BCUT2D eigenvalue weighted by Crippen LogP contribution is 2.20. The molecule has 96 valence electrons. The number of hydrogen-bond acceptors (Lipinski definition) is 5. The van der Waals surface area contributed by atoms with E-state index in [0.717, 1.165) is 4.90 Å². The zero-order valence-corrected chi connectivity index (χ0v) is 11.7. The van der Waals surface area contributed by atoms with E-state index in [1.54, 1.807) is 12.1 Å². The second-order valence-corrected chi connectivity index (χ2v) is 8.73. The van der Waals surface area contributed by atoms with Crippen molar-refractivity contribution in [3.05, 3.63) is 24.3 Å². The van der Waals surface area contributed by atoms with Gasteiger partial charge in [-0.1, -0.05) is 0 Å². The first-order valence-electron chi connectivity index (χ1n) is 4.36. The number of sulfonamides is 1. The van der Waals surface area contributed by atoms with Crippen LogP contribution in [-0.2, 0) is 19.1 Å². The highest BCUT2D eigenvalue weighted by molar-refractivity contribution is 8.14. The predicted molar refractivity (Wildman–Crippen MR) is 68.2 cm³/mol. The molecule has 2 N–H and O–H groups in total. The molecule has 0 saturated heterocycles. The molecule has 0 atom stereocenters. The highest BCUT2D eigenvalue weighted by atomic mass is 35.7. The third kappa shape index (κ3) is 5.73. The van der Waals surface area contributed by atoms with Gasteiger partial charge >= 0.3 is 0 Å². The molecule has 0 amide bonds. The van der Waals surface area contributed by atoms with E-state index in [-0.39, 0.29) is 10.6 Å². The van der Waals surface area contributed by atoms with Gasteiger partial charge in [-0.2, -0.15) is 0 Å². The molecule has 0 aliphatic heterocycles. The summed E-state index contributed by atoms with van der Waals surface area (Å²) in [5.74, 6) is 0.163. The first kappa shape index (κ1) is 14.8. The summed E-state index contributed by atoms with van der Waals surface area (Å²) in [4.78, 5) is 0.768. The zero-order chi connectivity index (χ0) is 13.1. The van der Waals surface area contributed by atoms with Gasteiger partial charge in [0.2, 0.25) is 19.1 Å². The van der Waals surface area contributed by atoms with E-state index >= 15 is 0 Å². The predicted octanol–water partition coefficient (Wildman–Crippen LogP) is 0.995. The highest BCUT2D eigenvalue weighted by Gasteiger charge is 2.08. The Morgan fingerprint density at radius 2 is 1.65 bits per heavy atom.